The molecule has 0 aromatic heterocycles. The second kappa shape index (κ2) is 19.8. The molecule has 3 amide bonds. The van der Waals surface area contributed by atoms with Gasteiger partial charge in [0.1, 0.15) is 0 Å². The van der Waals surface area contributed by atoms with Gasteiger partial charge < -0.3 is 41.6 Å². The summed E-state index contributed by atoms with van der Waals surface area (Å²) in [6.07, 6.45) is 3.24. The molecule has 14 heteroatoms. The van der Waals surface area contributed by atoms with Gasteiger partial charge in [-0.3, -0.25) is 14.4 Å². The Balaban J connectivity index is 1.98. The van der Waals surface area contributed by atoms with Crippen molar-refractivity contribution in [3.8, 4) is 12.3 Å². The third kappa shape index (κ3) is 15.4. The van der Waals surface area contributed by atoms with E-state index in [4.69, 9.17) is 32.1 Å². The maximum Gasteiger partial charge on any atom is 0.423 e. The first-order valence-electron chi connectivity index (χ1n) is 13.2. The summed E-state index contributed by atoms with van der Waals surface area (Å²) < 4.78 is 55.0. The molecule has 0 unspecified atom stereocenters. The van der Waals surface area contributed by atoms with Crippen LogP contribution in [0.5, 0.6) is 0 Å². The van der Waals surface area contributed by atoms with E-state index in [-0.39, 0.29) is 18.0 Å². The molecule has 0 bridgehead atoms. The second-order valence-corrected chi connectivity index (χ2v) is 8.93. The van der Waals surface area contributed by atoms with E-state index in [1.54, 1.807) is 0 Å². The molecule has 230 valence electrons. The molecular weight excluding hydrogens is 547 g/mol. The first kappa shape index (κ1) is 35.8. The molecule has 0 spiro atoms. The van der Waals surface area contributed by atoms with Crippen molar-refractivity contribution in [2.75, 3.05) is 59.3 Å². The van der Waals surface area contributed by atoms with Crippen LogP contribution in [0, 0.1) is 12.3 Å². The first-order valence-corrected chi connectivity index (χ1v) is 13.2. The maximum absolute atomic E-state index is 12.9. The highest BCUT2D eigenvalue weighted by Gasteiger charge is 2.50. The van der Waals surface area contributed by atoms with E-state index >= 15 is 0 Å². The molecule has 0 heterocycles. The molecule has 0 aliphatic heterocycles. The number of hydrogen-bond acceptors (Lipinski definition) is 8. The SMILES string of the molecule is C#CCCCC(=O)NCCCOCCOCCOCCCNC(=O)CNC(=O)c1ccc(C(N)(N)C(F)(F)F)cc1. The number of nitrogens with two attached hydrogens (primary N) is 2. The van der Waals surface area contributed by atoms with Gasteiger partial charge in [0.15, 0.2) is 5.66 Å². The van der Waals surface area contributed by atoms with E-state index in [0.717, 1.165) is 24.3 Å². The number of amides is 3. The number of carbonyl (C=O) groups excluding carboxylic acids is 3. The maximum atomic E-state index is 12.9. The topological polar surface area (TPSA) is 167 Å². The minimum atomic E-state index is -4.87. The third-order valence-corrected chi connectivity index (χ3v) is 5.55. The van der Waals surface area contributed by atoms with Crippen LogP contribution < -0.4 is 27.4 Å². The number of terminal acetylenes is 1. The molecule has 0 aliphatic carbocycles. The number of benzene rings is 1. The molecule has 0 radical (unpaired) electrons. The molecule has 1 aromatic carbocycles. The Morgan fingerprint density at radius 1 is 0.780 bits per heavy atom. The highest BCUT2D eigenvalue weighted by molar-refractivity contribution is 5.96. The Morgan fingerprint density at radius 2 is 1.29 bits per heavy atom. The smallest absolute Gasteiger partial charge is 0.379 e. The fourth-order valence-corrected chi connectivity index (χ4v) is 3.17. The third-order valence-electron chi connectivity index (χ3n) is 5.55. The summed E-state index contributed by atoms with van der Waals surface area (Å²) >= 11 is 0. The van der Waals surface area contributed by atoms with E-state index in [2.05, 4.69) is 21.9 Å². The minimum absolute atomic E-state index is 0.00953. The van der Waals surface area contributed by atoms with E-state index in [9.17, 15) is 27.6 Å². The van der Waals surface area contributed by atoms with Crippen molar-refractivity contribution in [2.24, 2.45) is 11.5 Å². The van der Waals surface area contributed by atoms with E-state index in [1.165, 1.54) is 0 Å². The Labute approximate surface area is 238 Å². The molecule has 0 aliphatic rings. The quantitative estimate of drug-likeness (QED) is 0.0804. The molecule has 7 N–H and O–H groups in total. The van der Waals surface area contributed by atoms with Crippen LogP contribution in [0.25, 0.3) is 0 Å². The van der Waals surface area contributed by atoms with Crippen LogP contribution in [0.4, 0.5) is 13.2 Å². The zero-order valence-electron chi connectivity index (χ0n) is 23.0. The minimum Gasteiger partial charge on any atom is -0.379 e. The lowest BCUT2D eigenvalue weighted by Crippen LogP contribution is -2.57. The van der Waals surface area contributed by atoms with E-state index in [0.29, 0.717) is 84.8 Å². The normalized spacial score (nSPS) is 11.5. The predicted octanol–water partition coefficient (Wildman–Crippen LogP) is 0.915. The fourth-order valence-electron chi connectivity index (χ4n) is 3.17. The van der Waals surface area contributed by atoms with Crippen LogP contribution in [-0.2, 0) is 29.5 Å². The van der Waals surface area contributed by atoms with Crippen molar-refractivity contribution in [2.45, 2.75) is 43.9 Å². The number of halogens is 3. The molecule has 0 fully saturated rings. The van der Waals surface area contributed by atoms with Crippen LogP contribution >= 0.6 is 0 Å². The number of nitrogens with one attached hydrogen (secondary N) is 3. The first-order chi connectivity index (χ1) is 19.5. The van der Waals surface area contributed by atoms with Crippen LogP contribution in [0.1, 0.15) is 48.0 Å². The summed E-state index contributed by atoms with van der Waals surface area (Å²) in [5, 5.41) is 7.81. The van der Waals surface area contributed by atoms with Crippen molar-refractivity contribution in [3.05, 3.63) is 35.4 Å². The zero-order chi connectivity index (χ0) is 30.6. The van der Waals surface area contributed by atoms with Crippen molar-refractivity contribution in [1.29, 1.82) is 0 Å². The van der Waals surface area contributed by atoms with Gasteiger partial charge in [0.25, 0.3) is 5.91 Å². The number of rotatable bonds is 21. The van der Waals surface area contributed by atoms with E-state index in [1.807, 2.05) is 0 Å². The number of unbranched alkanes of at least 4 members (excludes halogenated alkanes) is 1. The van der Waals surface area contributed by atoms with Gasteiger partial charge in [0.05, 0.1) is 33.0 Å². The summed E-state index contributed by atoms with van der Waals surface area (Å²) in [7, 11) is 0. The Kier molecular flexibility index (Phi) is 17.3. The van der Waals surface area contributed by atoms with Crippen LogP contribution in [0.15, 0.2) is 24.3 Å². The van der Waals surface area contributed by atoms with Gasteiger partial charge in [-0.1, -0.05) is 12.1 Å². The van der Waals surface area contributed by atoms with Crippen LogP contribution in [-0.4, -0.2) is 83.2 Å². The van der Waals surface area contributed by atoms with Gasteiger partial charge in [-0.2, -0.15) is 13.2 Å². The lowest BCUT2D eigenvalue weighted by atomic mass is 9.99. The van der Waals surface area contributed by atoms with Gasteiger partial charge in [0, 0.05) is 44.7 Å². The number of ether oxygens (including phenoxy) is 3. The highest BCUT2D eigenvalue weighted by atomic mass is 19.4. The van der Waals surface area contributed by atoms with Crippen molar-refractivity contribution in [1.82, 2.24) is 16.0 Å². The summed E-state index contributed by atoms with van der Waals surface area (Å²) in [5.41, 5.74) is 6.91. The lowest BCUT2D eigenvalue weighted by molar-refractivity contribution is -0.188. The molecule has 0 atom stereocenters. The van der Waals surface area contributed by atoms with Crippen LogP contribution in [0.3, 0.4) is 0 Å². The number of alkyl halides is 3. The van der Waals surface area contributed by atoms with Gasteiger partial charge in [-0.25, -0.2) is 0 Å². The van der Waals surface area contributed by atoms with Gasteiger partial charge >= 0.3 is 6.18 Å². The largest absolute Gasteiger partial charge is 0.423 e. The summed E-state index contributed by atoms with van der Waals surface area (Å²) in [5.74, 6) is 1.42. The Hall–Kier alpha value is -3.22. The molecule has 41 heavy (non-hydrogen) atoms. The predicted molar refractivity (Wildman–Crippen MR) is 145 cm³/mol. The summed E-state index contributed by atoms with van der Waals surface area (Å²) in [4.78, 5) is 35.5. The molecular formula is C27H40F3N5O6. The molecule has 0 saturated carbocycles. The Bertz CT molecular complexity index is 968. The molecule has 0 saturated heterocycles. The fraction of sp³-hybridized carbons (Fsp3) is 0.593. The molecule has 11 nitrogen and oxygen atoms in total. The highest BCUT2D eigenvalue weighted by Crippen LogP contribution is 2.32. The summed E-state index contributed by atoms with van der Waals surface area (Å²) in [6, 6.07) is 4.32. The van der Waals surface area contributed by atoms with Crippen LogP contribution in [0.2, 0.25) is 0 Å². The van der Waals surface area contributed by atoms with Gasteiger partial charge in [0.2, 0.25) is 11.8 Å². The van der Waals surface area contributed by atoms with Gasteiger partial charge in [-0.15, -0.1) is 12.3 Å². The monoisotopic (exact) mass is 587 g/mol. The van der Waals surface area contributed by atoms with E-state index < -0.39 is 29.2 Å². The average molecular weight is 588 g/mol. The second-order valence-electron chi connectivity index (χ2n) is 8.93. The molecule has 1 rings (SSSR count). The zero-order valence-corrected chi connectivity index (χ0v) is 23.0. The standard InChI is InChI=1S/C27H40F3N5O6/c1-2-3-4-7-23(36)33-12-5-14-39-16-18-41-19-17-40-15-6-13-34-24(37)20-35-25(38)21-8-10-22(11-9-21)26(31,32)27(28,29)30/h1,8-11H,3-7,12-20,31-32H2,(H,33,36)(H,34,37)(H,35,38). The molecule has 1 aromatic rings. The lowest BCUT2D eigenvalue weighted by Gasteiger charge is -2.27. The summed E-state index contributed by atoms with van der Waals surface area (Å²) in [6.45, 7) is 3.12. The van der Waals surface area contributed by atoms with Gasteiger partial charge in [-0.05, 0) is 37.0 Å². The average Bonchev–Trinajstić information content (AvgIpc) is 2.93. The van der Waals surface area contributed by atoms with Crippen molar-refractivity contribution < 1.29 is 41.8 Å². The van der Waals surface area contributed by atoms with Crippen molar-refractivity contribution in [3.63, 3.8) is 0 Å². The number of carbonyl (C=O) groups is 3. The van der Waals surface area contributed by atoms with Crippen molar-refractivity contribution >= 4 is 17.7 Å². The Morgan fingerprint density at radius 3 is 1.80 bits per heavy atom. The number of hydrogen-bond donors (Lipinski definition) is 5.